The third-order valence-corrected chi connectivity index (χ3v) is 3.86. The molecule has 0 spiro atoms. The number of carbonyl (C=O) groups is 1. The summed E-state index contributed by atoms with van der Waals surface area (Å²) in [6, 6.07) is 13.7. The lowest BCUT2D eigenvalue weighted by molar-refractivity contribution is -0.0886. The summed E-state index contributed by atoms with van der Waals surface area (Å²) >= 11 is 0. The molecule has 3 rings (SSSR count). The highest BCUT2D eigenvalue weighted by molar-refractivity contribution is 6.13. The maximum Gasteiger partial charge on any atom is 0.455 e. The molecule has 0 saturated carbocycles. The van der Waals surface area contributed by atoms with Gasteiger partial charge in [0.2, 0.25) is 5.88 Å². The van der Waals surface area contributed by atoms with Crippen LogP contribution in [0.3, 0.4) is 0 Å². The van der Waals surface area contributed by atoms with Gasteiger partial charge in [0.1, 0.15) is 5.56 Å². The predicted molar refractivity (Wildman–Crippen MR) is 93.1 cm³/mol. The Balaban J connectivity index is 2.28. The molecular weight excluding hydrogens is 345 g/mol. The zero-order chi connectivity index (χ0) is 18.9. The molecule has 1 aromatic heterocycles. The van der Waals surface area contributed by atoms with E-state index in [1.165, 1.54) is 7.11 Å². The molecule has 0 radical (unpaired) electrons. The van der Waals surface area contributed by atoms with E-state index in [4.69, 9.17) is 4.74 Å². The molecule has 1 N–H and O–H groups in total. The minimum absolute atomic E-state index is 0.0126. The van der Waals surface area contributed by atoms with E-state index in [2.05, 4.69) is 10.3 Å². The van der Waals surface area contributed by atoms with Gasteiger partial charge in [-0.3, -0.25) is 4.79 Å². The number of rotatable bonds is 4. The van der Waals surface area contributed by atoms with E-state index >= 15 is 0 Å². The summed E-state index contributed by atoms with van der Waals surface area (Å²) in [5, 5.41) is 3.32. The molecule has 0 atom stereocenters. The van der Waals surface area contributed by atoms with Gasteiger partial charge in [-0.2, -0.15) is 13.2 Å². The fraction of sp³-hybridized carbons (Fsp3) is 0.158. The Kier molecular flexibility index (Phi) is 4.54. The van der Waals surface area contributed by atoms with Crippen molar-refractivity contribution in [2.75, 3.05) is 12.4 Å². The number of hydrogen-bond donors (Lipinski definition) is 1. The number of carbonyl (C=O) groups excluding carboxylic acids is 1. The van der Waals surface area contributed by atoms with Crippen molar-refractivity contribution in [3.63, 3.8) is 0 Å². The van der Waals surface area contributed by atoms with Gasteiger partial charge in [-0.25, -0.2) is 4.98 Å². The highest BCUT2D eigenvalue weighted by Gasteiger charge is 2.43. The fourth-order valence-corrected chi connectivity index (χ4v) is 2.60. The largest absolute Gasteiger partial charge is 0.480 e. The molecule has 4 nitrogen and oxygen atoms in total. The summed E-state index contributed by atoms with van der Waals surface area (Å²) in [7, 11) is 1.18. The molecule has 0 amide bonds. The summed E-state index contributed by atoms with van der Waals surface area (Å²) in [5.41, 5.74) is 1.33. The van der Waals surface area contributed by atoms with Crippen LogP contribution in [0.4, 0.5) is 24.5 Å². The zero-order valence-electron chi connectivity index (χ0n) is 14.0. The van der Waals surface area contributed by atoms with E-state index in [9.17, 15) is 18.0 Å². The number of aryl methyl sites for hydroxylation is 1. The molecular formula is C19H15F3N2O2. The second-order valence-corrected chi connectivity index (χ2v) is 5.71. The first-order valence-electron chi connectivity index (χ1n) is 7.73. The second kappa shape index (κ2) is 6.67. The van der Waals surface area contributed by atoms with Crippen molar-refractivity contribution in [1.82, 2.24) is 4.98 Å². The number of nitrogens with zero attached hydrogens (tertiary/aromatic N) is 1. The number of hydrogen-bond acceptors (Lipinski definition) is 4. The number of pyridine rings is 1. The molecule has 134 valence electrons. The topological polar surface area (TPSA) is 51.2 Å². The third-order valence-electron chi connectivity index (χ3n) is 3.86. The lowest BCUT2D eigenvalue weighted by Crippen LogP contribution is -2.25. The van der Waals surface area contributed by atoms with Crippen molar-refractivity contribution in [1.29, 1.82) is 0 Å². The molecule has 26 heavy (non-hydrogen) atoms. The molecule has 0 bridgehead atoms. The molecule has 3 aromatic rings. The normalized spacial score (nSPS) is 11.4. The number of alkyl halides is 3. The Labute approximate surface area is 147 Å². The van der Waals surface area contributed by atoms with Crippen LogP contribution in [0.1, 0.15) is 15.9 Å². The van der Waals surface area contributed by atoms with Crippen LogP contribution >= 0.6 is 0 Å². The van der Waals surface area contributed by atoms with Crippen LogP contribution in [0.2, 0.25) is 0 Å². The van der Waals surface area contributed by atoms with Gasteiger partial charge in [-0.1, -0.05) is 35.9 Å². The van der Waals surface area contributed by atoms with Crippen LogP contribution in [0.5, 0.6) is 5.88 Å². The number of anilines is 2. The maximum absolute atomic E-state index is 13.2. The number of methoxy groups -OCH3 is 1. The van der Waals surface area contributed by atoms with Gasteiger partial charge in [-0.15, -0.1) is 0 Å². The predicted octanol–water partition coefficient (Wildman–Crippen LogP) is 5.04. The number of Topliss-reactive ketones (excluding diaryl/α,β-unsaturated/α-hetero) is 1. The van der Waals surface area contributed by atoms with Crippen LogP contribution in [-0.4, -0.2) is 24.1 Å². The second-order valence-electron chi connectivity index (χ2n) is 5.71. The van der Waals surface area contributed by atoms with E-state index in [1.54, 1.807) is 36.4 Å². The standard InChI is InChI=1S/C19H15F3N2O2/c1-11-7-9-12(10-8-11)23-16-13-5-3-4-6-14(13)24-18(26-2)15(16)17(25)19(20,21)22/h3-10H,1-2H3,(H,23,24). The number of ether oxygens (including phenoxy) is 1. The zero-order valence-corrected chi connectivity index (χ0v) is 14.0. The number of ketones is 1. The first-order valence-corrected chi connectivity index (χ1v) is 7.73. The Hall–Kier alpha value is -3.09. The lowest BCUT2D eigenvalue weighted by atomic mass is 10.0. The van der Waals surface area contributed by atoms with Gasteiger partial charge in [0.25, 0.3) is 5.78 Å². The van der Waals surface area contributed by atoms with Crippen molar-refractivity contribution >= 4 is 28.1 Å². The Morgan fingerprint density at radius 1 is 1.08 bits per heavy atom. The molecule has 0 unspecified atom stereocenters. The van der Waals surface area contributed by atoms with E-state index in [0.29, 0.717) is 16.6 Å². The number of benzene rings is 2. The highest BCUT2D eigenvalue weighted by atomic mass is 19.4. The number of halogens is 3. The Morgan fingerprint density at radius 2 is 1.73 bits per heavy atom. The van der Waals surface area contributed by atoms with Gasteiger partial charge < -0.3 is 10.1 Å². The van der Waals surface area contributed by atoms with E-state index in [1.807, 2.05) is 19.1 Å². The van der Waals surface area contributed by atoms with Crippen molar-refractivity contribution in [3.8, 4) is 5.88 Å². The number of para-hydroxylation sites is 1. The third kappa shape index (κ3) is 3.33. The average Bonchev–Trinajstić information content (AvgIpc) is 2.61. The number of fused-ring (bicyclic) bond motifs is 1. The van der Waals surface area contributed by atoms with Crippen molar-refractivity contribution in [2.45, 2.75) is 13.1 Å². The molecule has 0 saturated heterocycles. The summed E-state index contributed by atoms with van der Waals surface area (Å²) < 4.78 is 44.5. The van der Waals surface area contributed by atoms with E-state index < -0.39 is 17.5 Å². The van der Waals surface area contributed by atoms with Crippen LogP contribution in [-0.2, 0) is 0 Å². The van der Waals surface area contributed by atoms with Gasteiger partial charge in [0.15, 0.2) is 0 Å². The maximum atomic E-state index is 13.2. The quantitative estimate of drug-likeness (QED) is 0.662. The highest BCUT2D eigenvalue weighted by Crippen LogP contribution is 2.38. The minimum Gasteiger partial charge on any atom is -0.480 e. The number of nitrogens with one attached hydrogen (secondary N) is 1. The van der Waals surface area contributed by atoms with Crippen LogP contribution < -0.4 is 10.1 Å². The van der Waals surface area contributed by atoms with Crippen molar-refractivity contribution < 1.29 is 22.7 Å². The van der Waals surface area contributed by atoms with Crippen molar-refractivity contribution in [2.24, 2.45) is 0 Å². The van der Waals surface area contributed by atoms with Crippen molar-refractivity contribution in [3.05, 3.63) is 59.7 Å². The lowest BCUT2D eigenvalue weighted by Gasteiger charge is -2.18. The summed E-state index contributed by atoms with van der Waals surface area (Å²) in [6.07, 6.45) is -5.05. The summed E-state index contributed by atoms with van der Waals surface area (Å²) in [6.45, 7) is 1.90. The van der Waals surface area contributed by atoms with Crippen LogP contribution in [0.15, 0.2) is 48.5 Å². The molecule has 1 heterocycles. The van der Waals surface area contributed by atoms with Gasteiger partial charge in [-0.05, 0) is 25.1 Å². The first kappa shape index (κ1) is 17.7. The molecule has 0 aliphatic rings. The number of aromatic nitrogens is 1. The van der Waals surface area contributed by atoms with Gasteiger partial charge in [0, 0.05) is 11.1 Å². The Bertz CT molecular complexity index is 967. The average molecular weight is 360 g/mol. The molecule has 7 heteroatoms. The minimum atomic E-state index is -5.05. The monoisotopic (exact) mass is 360 g/mol. The van der Waals surface area contributed by atoms with Gasteiger partial charge in [0.05, 0.1) is 18.3 Å². The molecule has 0 fully saturated rings. The Morgan fingerprint density at radius 3 is 2.35 bits per heavy atom. The first-order chi connectivity index (χ1) is 12.3. The van der Waals surface area contributed by atoms with E-state index in [0.717, 1.165) is 5.56 Å². The molecule has 0 aliphatic carbocycles. The van der Waals surface area contributed by atoms with Crippen LogP contribution in [0.25, 0.3) is 10.9 Å². The fourth-order valence-electron chi connectivity index (χ4n) is 2.60. The van der Waals surface area contributed by atoms with E-state index in [-0.39, 0.29) is 11.6 Å². The smallest absolute Gasteiger partial charge is 0.455 e. The summed E-state index contributed by atoms with van der Waals surface area (Å²) in [5.74, 6) is -2.39. The van der Waals surface area contributed by atoms with Gasteiger partial charge >= 0.3 is 6.18 Å². The molecule has 0 aliphatic heterocycles. The SMILES string of the molecule is COc1nc2ccccc2c(Nc2ccc(C)cc2)c1C(=O)C(F)(F)F. The molecule has 2 aromatic carbocycles. The van der Waals surface area contributed by atoms with Crippen LogP contribution in [0, 0.1) is 6.92 Å². The summed E-state index contributed by atoms with van der Waals surface area (Å²) in [4.78, 5) is 16.1.